The molecule has 0 radical (unpaired) electrons. The molecule has 2 aromatic rings. The number of ether oxygens (including phenoxy) is 1. The SMILES string of the molecule is CC(=O)NC[C@H]1CN(c2ccc(-n3ccc(=O)[nH]3)c(F)c2)C(=O)O1. The molecule has 1 aliphatic heterocycles. The van der Waals surface area contributed by atoms with Crippen LogP contribution >= 0.6 is 0 Å². The highest BCUT2D eigenvalue weighted by molar-refractivity contribution is 5.90. The summed E-state index contributed by atoms with van der Waals surface area (Å²) in [6, 6.07) is 5.47. The van der Waals surface area contributed by atoms with E-state index in [-0.39, 0.29) is 30.2 Å². The normalized spacial score (nSPS) is 17.0. The largest absolute Gasteiger partial charge is 0.442 e. The Hall–Kier alpha value is -3.10. The third kappa shape index (κ3) is 3.14. The second kappa shape index (κ2) is 6.19. The summed E-state index contributed by atoms with van der Waals surface area (Å²) in [7, 11) is 0. The number of cyclic esters (lactones) is 1. The van der Waals surface area contributed by atoms with Gasteiger partial charge in [0.25, 0.3) is 5.56 Å². The zero-order valence-electron chi connectivity index (χ0n) is 12.8. The molecule has 24 heavy (non-hydrogen) atoms. The van der Waals surface area contributed by atoms with Gasteiger partial charge in [0.1, 0.15) is 6.10 Å². The molecule has 3 rings (SSSR count). The van der Waals surface area contributed by atoms with Gasteiger partial charge >= 0.3 is 6.09 Å². The first-order valence-corrected chi connectivity index (χ1v) is 7.24. The molecule has 8 nitrogen and oxygen atoms in total. The molecule has 1 atom stereocenters. The van der Waals surface area contributed by atoms with Crippen LogP contribution in [0.1, 0.15) is 6.92 Å². The van der Waals surface area contributed by atoms with E-state index in [0.717, 1.165) is 0 Å². The van der Waals surface area contributed by atoms with Crippen LogP contribution in [-0.2, 0) is 9.53 Å². The highest BCUT2D eigenvalue weighted by Crippen LogP contribution is 2.25. The number of nitrogens with zero attached hydrogens (tertiary/aromatic N) is 2. The minimum Gasteiger partial charge on any atom is -0.442 e. The monoisotopic (exact) mass is 334 g/mol. The van der Waals surface area contributed by atoms with Crippen LogP contribution in [0.15, 0.2) is 35.3 Å². The van der Waals surface area contributed by atoms with Crippen molar-refractivity contribution in [1.82, 2.24) is 15.1 Å². The fraction of sp³-hybridized carbons (Fsp3) is 0.267. The lowest BCUT2D eigenvalue weighted by Crippen LogP contribution is -2.33. The predicted molar refractivity (Wildman–Crippen MR) is 82.6 cm³/mol. The molecular formula is C15H15FN4O4. The van der Waals surface area contributed by atoms with Crippen molar-refractivity contribution in [3.63, 3.8) is 0 Å². The molecule has 0 saturated carbocycles. The van der Waals surface area contributed by atoms with Gasteiger partial charge < -0.3 is 10.1 Å². The first-order valence-electron chi connectivity index (χ1n) is 7.24. The Balaban J connectivity index is 1.78. The lowest BCUT2D eigenvalue weighted by molar-refractivity contribution is -0.119. The van der Waals surface area contributed by atoms with Gasteiger partial charge in [-0.1, -0.05) is 0 Å². The van der Waals surface area contributed by atoms with Gasteiger partial charge in [0.2, 0.25) is 5.91 Å². The van der Waals surface area contributed by atoms with Crippen molar-refractivity contribution in [2.45, 2.75) is 13.0 Å². The number of hydrogen-bond acceptors (Lipinski definition) is 4. The van der Waals surface area contributed by atoms with Gasteiger partial charge in [-0.2, -0.15) is 0 Å². The lowest BCUT2D eigenvalue weighted by Gasteiger charge is -2.14. The van der Waals surface area contributed by atoms with Crippen molar-refractivity contribution in [3.05, 3.63) is 46.6 Å². The average molecular weight is 334 g/mol. The molecule has 1 aliphatic rings. The summed E-state index contributed by atoms with van der Waals surface area (Å²) in [6.45, 7) is 1.77. The molecule has 2 heterocycles. The van der Waals surface area contributed by atoms with Gasteiger partial charge in [-0.3, -0.25) is 24.3 Å². The quantitative estimate of drug-likeness (QED) is 0.863. The van der Waals surface area contributed by atoms with E-state index in [1.54, 1.807) is 6.07 Å². The molecule has 0 aliphatic carbocycles. The molecule has 9 heteroatoms. The number of hydrogen-bond donors (Lipinski definition) is 2. The molecular weight excluding hydrogens is 319 g/mol. The maximum absolute atomic E-state index is 14.3. The summed E-state index contributed by atoms with van der Waals surface area (Å²) >= 11 is 0. The topological polar surface area (TPSA) is 96.4 Å². The number of carbonyl (C=O) groups is 2. The maximum atomic E-state index is 14.3. The van der Waals surface area contributed by atoms with Crippen LogP contribution in [0.3, 0.4) is 0 Å². The maximum Gasteiger partial charge on any atom is 0.414 e. The molecule has 126 valence electrons. The van der Waals surface area contributed by atoms with Gasteiger partial charge in [-0.15, -0.1) is 0 Å². The molecule has 2 amide bonds. The van der Waals surface area contributed by atoms with E-state index in [0.29, 0.717) is 5.69 Å². The van der Waals surface area contributed by atoms with Crippen LogP contribution in [0.5, 0.6) is 0 Å². The van der Waals surface area contributed by atoms with Crippen molar-refractivity contribution >= 4 is 17.7 Å². The number of carbonyl (C=O) groups excluding carboxylic acids is 2. The van der Waals surface area contributed by atoms with Crippen molar-refractivity contribution in [2.75, 3.05) is 18.0 Å². The highest BCUT2D eigenvalue weighted by atomic mass is 19.1. The van der Waals surface area contributed by atoms with Crippen molar-refractivity contribution in [1.29, 1.82) is 0 Å². The zero-order chi connectivity index (χ0) is 17.3. The second-order valence-electron chi connectivity index (χ2n) is 5.35. The minimum absolute atomic E-state index is 0.156. The van der Waals surface area contributed by atoms with Crippen LogP contribution in [0.2, 0.25) is 0 Å². The van der Waals surface area contributed by atoms with Crippen LogP contribution in [0, 0.1) is 5.82 Å². The number of aromatic amines is 1. The Kier molecular flexibility index (Phi) is 4.07. The van der Waals surface area contributed by atoms with Crippen LogP contribution < -0.4 is 15.8 Å². The number of rotatable bonds is 4. The number of halogens is 1. The van der Waals surface area contributed by atoms with Crippen molar-refractivity contribution < 1.29 is 18.7 Å². The molecule has 0 bridgehead atoms. The third-order valence-electron chi connectivity index (χ3n) is 3.56. The molecule has 1 aromatic heterocycles. The van der Waals surface area contributed by atoms with Crippen LogP contribution in [0.4, 0.5) is 14.9 Å². The van der Waals surface area contributed by atoms with E-state index in [9.17, 15) is 18.8 Å². The van der Waals surface area contributed by atoms with E-state index < -0.39 is 18.0 Å². The standard InChI is InChI=1S/C15H15FN4O4/c1-9(21)17-7-11-8-19(15(23)24-11)10-2-3-13(12(16)6-10)20-5-4-14(22)18-20/h2-6,11H,7-8H2,1H3,(H,17,21)(H,18,22)/t11-/m0/s1. The summed E-state index contributed by atoms with van der Waals surface area (Å²) in [5, 5.41) is 5.01. The summed E-state index contributed by atoms with van der Waals surface area (Å²) in [5.41, 5.74) is 0.145. The molecule has 1 fully saturated rings. The number of H-pyrrole nitrogens is 1. The molecule has 1 saturated heterocycles. The summed E-state index contributed by atoms with van der Waals surface area (Å²) in [6.07, 6.45) is 0.311. The van der Waals surface area contributed by atoms with E-state index in [1.807, 2.05) is 0 Å². The Bertz CT molecular complexity index is 844. The smallest absolute Gasteiger partial charge is 0.414 e. The van der Waals surface area contributed by atoms with Gasteiger partial charge in [0.05, 0.1) is 24.5 Å². The summed E-state index contributed by atoms with van der Waals surface area (Å²) in [5.74, 6) is -0.821. The summed E-state index contributed by atoms with van der Waals surface area (Å²) in [4.78, 5) is 35.3. The van der Waals surface area contributed by atoms with Gasteiger partial charge in [0.15, 0.2) is 5.82 Å². The van der Waals surface area contributed by atoms with Crippen LogP contribution in [0.25, 0.3) is 5.69 Å². The first kappa shape index (κ1) is 15.8. The van der Waals surface area contributed by atoms with Crippen molar-refractivity contribution in [2.24, 2.45) is 0 Å². The Labute approximate surface area is 135 Å². The molecule has 0 spiro atoms. The van der Waals surface area contributed by atoms with Gasteiger partial charge in [-0.05, 0) is 18.2 Å². The fourth-order valence-corrected chi connectivity index (χ4v) is 2.43. The number of aromatic nitrogens is 2. The molecule has 2 N–H and O–H groups in total. The van der Waals surface area contributed by atoms with Gasteiger partial charge in [-0.25, -0.2) is 9.18 Å². The van der Waals surface area contributed by atoms with E-state index in [1.165, 1.54) is 40.9 Å². The van der Waals surface area contributed by atoms with Crippen molar-refractivity contribution in [3.8, 4) is 5.69 Å². The van der Waals surface area contributed by atoms with Crippen LogP contribution in [-0.4, -0.2) is 41.0 Å². The lowest BCUT2D eigenvalue weighted by atomic mass is 10.2. The fourth-order valence-electron chi connectivity index (χ4n) is 2.43. The summed E-state index contributed by atoms with van der Waals surface area (Å²) < 4.78 is 20.7. The number of nitrogens with one attached hydrogen (secondary N) is 2. The Morgan fingerprint density at radius 3 is 2.83 bits per heavy atom. The molecule has 0 unspecified atom stereocenters. The number of benzene rings is 1. The van der Waals surface area contributed by atoms with E-state index >= 15 is 0 Å². The van der Waals surface area contributed by atoms with E-state index in [2.05, 4.69) is 10.4 Å². The Morgan fingerprint density at radius 2 is 2.21 bits per heavy atom. The average Bonchev–Trinajstić information content (AvgIpc) is 3.11. The zero-order valence-corrected chi connectivity index (χ0v) is 12.8. The Morgan fingerprint density at radius 1 is 1.42 bits per heavy atom. The highest BCUT2D eigenvalue weighted by Gasteiger charge is 2.32. The first-order chi connectivity index (χ1) is 11.4. The predicted octanol–water partition coefficient (Wildman–Crippen LogP) is 0.766. The number of anilines is 1. The van der Waals surface area contributed by atoms with E-state index in [4.69, 9.17) is 4.74 Å². The number of amides is 2. The minimum atomic E-state index is -0.605. The third-order valence-corrected chi connectivity index (χ3v) is 3.56. The molecule has 1 aromatic carbocycles. The van der Waals surface area contributed by atoms with Gasteiger partial charge in [0, 0.05) is 19.2 Å². The second-order valence-corrected chi connectivity index (χ2v) is 5.35.